The molecule has 0 aliphatic heterocycles. The molecule has 1 atom stereocenters. The molecule has 0 bridgehead atoms. The number of amides is 1. The SMILES string of the molecule is C[C@H](NC(=O)c1cccc(Cn2cccn2)c1)c1cccs1. The van der Waals surface area contributed by atoms with Crippen LogP contribution in [0.5, 0.6) is 0 Å². The second-order valence-corrected chi connectivity index (χ2v) is 6.09. The first-order valence-electron chi connectivity index (χ1n) is 7.13. The number of nitrogens with one attached hydrogen (secondary N) is 1. The van der Waals surface area contributed by atoms with Gasteiger partial charge in [-0.05, 0) is 42.1 Å². The van der Waals surface area contributed by atoms with Gasteiger partial charge in [0.15, 0.2) is 0 Å². The molecule has 0 fully saturated rings. The van der Waals surface area contributed by atoms with E-state index in [4.69, 9.17) is 0 Å². The van der Waals surface area contributed by atoms with Gasteiger partial charge in [-0.1, -0.05) is 18.2 Å². The summed E-state index contributed by atoms with van der Waals surface area (Å²) in [6.45, 7) is 2.66. The first-order valence-corrected chi connectivity index (χ1v) is 8.01. The van der Waals surface area contributed by atoms with Gasteiger partial charge in [-0.25, -0.2) is 0 Å². The zero-order valence-corrected chi connectivity index (χ0v) is 13.1. The van der Waals surface area contributed by atoms with Crippen LogP contribution in [-0.2, 0) is 6.54 Å². The van der Waals surface area contributed by atoms with Gasteiger partial charge in [-0.3, -0.25) is 9.48 Å². The van der Waals surface area contributed by atoms with Crippen LogP contribution < -0.4 is 5.32 Å². The summed E-state index contributed by atoms with van der Waals surface area (Å²) >= 11 is 1.65. The van der Waals surface area contributed by atoms with Gasteiger partial charge in [0.1, 0.15) is 0 Å². The highest BCUT2D eigenvalue weighted by Crippen LogP contribution is 2.18. The Hall–Kier alpha value is -2.40. The molecule has 0 spiro atoms. The maximum atomic E-state index is 12.4. The number of carbonyl (C=O) groups excluding carboxylic acids is 1. The molecular weight excluding hydrogens is 294 g/mol. The van der Waals surface area contributed by atoms with E-state index in [2.05, 4.69) is 10.4 Å². The Morgan fingerprint density at radius 2 is 2.23 bits per heavy atom. The molecule has 0 unspecified atom stereocenters. The minimum absolute atomic E-state index is 0.0160. The highest BCUT2D eigenvalue weighted by molar-refractivity contribution is 7.10. The lowest BCUT2D eigenvalue weighted by atomic mass is 10.1. The summed E-state index contributed by atoms with van der Waals surface area (Å²) in [7, 11) is 0. The van der Waals surface area contributed by atoms with Crippen LogP contribution in [0.2, 0.25) is 0 Å². The van der Waals surface area contributed by atoms with Crippen LogP contribution in [-0.4, -0.2) is 15.7 Å². The summed E-state index contributed by atoms with van der Waals surface area (Å²) in [5, 5.41) is 9.24. The predicted molar refractivity (Wildman–Crippen MR) is 88.0 cm³/mol. The van der Waals surface area contributed by atoms with E-state index in [9.17, 15) is 4.79 Å². The monoisotopic (exact) mass is 311 g/mol. The number of carbonyl (C=O) groups is 1. The molecule has 1 aromatic carbocycles. The van der Waals surface area contributed by atoms with Gasteiger partial charge in [0, 0.05) is 22.8 Å². The average Bonchev–Trinajstić information content (AvgIpc) is 3.20. The Balaban J connectivity index is 1.70. The fourth-order valence-electron chi connectivity index (χ4n) is 2.28. The molecule has 3 aromatic rings. The van der Waals surface area contributed by atoms with E-state index in [0.29, 0.717) is 12.1 Å². The molecule has 4 nitrogen and oxygen atoms in total. The molecule has 0 saturated carbocycles. The molecule has 0 aliphatic carbocycles. The van der Waals surface area contributed by atoms with Gasteiger partial charge >= 0.3 is 0 Å². The van der Waals surface area contributed by atoms with E-state index in [-0.39, 0.29) is 11.9 Å². The van der Waals surface area contributed by atoms with Crippen LogP contribution in [0.1, 0.15) is 33.8 Å². The Kier molecular flexibility index (Phi) is 4.34. The average molecular weight is 311 g/mol. The molecule has 5 heteroatoms. The summed E-state index contributed by atoms with van der Waals surface area (Å²) in [6, 6.07) is 13.6. The van der Waals surface area contributed by atoms with Crippen molar-refractivity contribution in [3.63, 3.8) is 0 Å². The highest BCUT2D eigenvalue weighted by Gasteiger charge is 2.12. The number of hydrogen-bond acceptors (Lipinski definition) is 3. The fraction of sp³-hybridized carbons (Fsp3) is 0.176. The lowest BCUT2D eigenvalue weighted by molar-refractivity contribution is 0.0940. The van der Waals surface area contributed by atoms with Crippen molar-refractivity contribution in [3.05, 3.63) is 76.2 Å². The van der Waals surface area contributed by atoms with E-state index in [1.807, 2.05) is 65.6 Å². The van der Waals surface area contributed by atoms with Gasteiger partial charge in [0.05, 0.1) is 12.6 Å². The zero-order valence-electron chi connectivity index (χ0n) is 12.3. The Labute approximate surface area is 133 Å². The molecule has 2 heterocycles. The Bertz CT molecular complexity index is 735. The normalized spacial score (nSPS) is 12.0. The summed E-state index contributed by atoms with van der Waals surface area (Å²) in [4.78, 5) is 13.5. The lowest BCUT2D eigenvalue weighted by Gasteiger charge is -2.13. The van der Waals surface area contributed by atoms with Gasteiger partial charge in [0.25, 0.3) is 5.91 Å². The minimum Gasteiger partial charge on any atom is -0.345 e. The van der Waals surface area contributed by atoms with Crippen molar-refractivity contribution < 1.29 is 4.79 Å². The van der Waals surface area contributed by atoms with Gasteiger partial charge < -0.3 is 5.32 Å². The third kappa shape index (κ3) is 3.43. The Morgan fingerprint density at radius 3 is 2.95 bits per heavy atom. The second-order valence-electron chi connectivity index (χ2n) is 5.11. The predicted octanol–water partition coefficient (Wildman–Crippen LogP) is 3.48. The molecule has 0 aliphatic rings. The van der Waals surface area contributed by atoms with E-state index >= 15 is 0 Å². The first kappa shape index (κ1) is 14.5. The van der Waals surface area contributed by atoms with Gasteiger partial charge in [-0.2, -0.15) is 5.10 Å². The van der Waals surface area contributed by atoms with E-state index < -0.39 is 0 Å². The fourth-order valence-corrected chi connectivity index (χ4v) is 3.02. The summed E-state index contributed by atoms with van der Waals surface area (Å²) in [6.07, 6.45) is 3.66. The van der Waals surface area contributed by atoms with Crippen LogP contribution in [0, 0.1) is 0 Å². The minimum atomic E-state index is -0.0526. The quantitative estimate of drug-likeness (QED) is 0.784. The number of benzene rings is 1. The number of aromatic nitrogens is 2. The molecular formula is C17H17N3OS. The van der Waals surface area contributed by atoms with Crippen molar-refractivity contribution in [1.82, 2.24) is 15.1 Å². The molecule has 0 radical (unpaired) electrons. The molecule has 22 heavy (non-hydrogen) atoms. The molecule has 112 valence electrons. The van der Waals surface area contributed by atoms with Crippen LogP contribution in [0.3, 0.4) is 0 Å². The third-order valence-electron chi connectivity index (χ3n) is 3.41. The lowest BCUT2D eigenvalue weighted by Crippen LogP contribution is -2.26. The van der Waals surface area contributed by atoms with E-state index in [1.165, 1.54) is 0 Å². The standard InChI is InChI=1S/C17H17N3OS/c1-13(16-7-3-10-22-16)19-17(21)15-6-2-5-14(11-15)12-20-9-4-8-18-20/h2-11,13H,12H2,1H3,(H,19,21)/t13-/m0/s1. The highest BCUT2D eigenvalue weighted by atomic mass is 32.1. The second kappa shape index (κ2) is 6.58. The summed E-state index contributed by atoms with van der Waals surface area (Å²) in [5.41, 5.74) is 1.73. The van der Waals surface area contributed by atoms with E-state index in [1.54, 1.807) is 17.5 Å². The molecule has 0 saturated heterocycles. The van der Waals surface area contributed by atoms with Crippen molar-refractivity contribution >= 4 is 17.2 Å². The van der Waals surface area contributed by atoms with E-state index in [0.717, 1.165) is 10.4 Å². The van der Waals surface area contributed by atoms with Crippen LogP contribution in [0.15, 0.2) is 60.2 Å². The maximum Gasteiger partial charge on any atom is 0.251 e. The maximum absolute atomic E-state index is 12.4. The van der Waals surface area contributed by atoms with Crippen molar-refractivity contribution in [2.24, 2.45) is 0 Å². The smallest absolute Gasteiger partial charge is 0.251 e. The first-order chi connectivity index (χ1) is 10.7. The summed E-state index contributed by atoms with van der Waals surface area (Å²) < 4.78 is 1.84. The van der Waals surface area contributed by atoms with Crippen LogP contribution >= 0.6 is 11.3 Å². The van der Waals surface area contributed by atoms with Crippen molar-refractivity contribution in [1.29, 1.82) is 0 Å². The summed E-state index contributed by atoms with van der Waals surface area (Å²) in [5.74, 6) is -0.0526. The van der Waals surface area contributed by atoms with Gasteiger partial charge in [-0.15, -0.1) is 11.3 Å². The largest absolute Gasteiger partial charge is 0.345 e. The molecule has 1 N–H and O–H groups in total. The van der Waals surface area contributed by atoms with Crippen LogP contribution in [0.4, 0.5) is 0 Å². The van der Waals surface area contributed by atoms with Crippen molar-refractivity contribution in [3.8, 4) is 0 Å². The number of nitrogens with zero attached hydrogens (tertiary/aromatic N) is 2. The number of thiophene rings is 1. The van der Waals surface area contributed by atoms with Crippen molar-refractivity contribution in [2.75, 3.05) is 0 Å². The number of rotatable bonds is 5. The van der Waals surface area contributed by atoms with Gasteiger partial charge in [0.2, 0.25) is 0 Å². The molecule has 3 rings (SSSR count). The number of hydrogen-bond donors (Lipinski definition) is 1. The zero-order chi connectivity index (χ0) is 15.4. The Morgan fingerprint density at radius 1 is 1.32 bits per heavy atom. The third-order valence-corrected chi connectivity index (χ3v) is 4.47. The molecule has 2 aromatic heterocycles. The topological polar surface area (TPSA) is 46.9 Å². The van der Waals surface area contributed by atoms with Crippen LogP contribution in [0.25, 0.3) is 0 Å². The molecule has 1 amide bonds. The van der Waals surface area contributed by atoms with Crippen molar-refractivity contribution in [2.45, 2.75) is 19.5 Å².